The summed E-state index contributed by atoms with van der Waals surface area (Å²) in [7, 11) is 1.73. The SMILES string of the molecule is CN=C(NC1CCC1)N1CCOC(c2cccc(C(F)(F)F)c2)C1. The quantitative estimate of drug-likeness (QED) is 0.663. The molecular weight excluding hydrogens is 319 g/mol. The van der Waals surface area contributed by atoms with E-state index < -0.39 is 11.7 Å². The van der Waals surface area contributed by atoms with Crippen molar-refractivity contribution in [1.29, 1.82) is 0 Å². The van der Waals surface area contributed by atoms with Gasteiger partial charge in [-0.1, -0.05) is 12.1 Å². The minimum Gasteiger partial charge on any atom is -0.370 e. The van der Waals surface area contributed by atoms with E-state index in [0.29, 0.717) is 31.3 Å². The minimum absolute atomic E-state index is 0.388. The lowest BCUT2D eigenvalue weighted by molar-refractivity contribution is -0.137. The van der Waals surface area contributed by atoms with Gasteiger partial charge in [-0.3, -0.25) is 4.99 Å². The molecule has 1 aromatic carbocycles. The van der Waals surface area contributed by atoms with Crippen LogP contribution >= 0.6 is 0 Å². The van der Waals surface area contributed by atoms with Crippen LogP contribution < -0.4 is 5.32 Å². The maximum atomic E-state index is 12.9. The fourth-order valence-electron chi connectivity index (χ4n) is 2.99. The summed E-state index contributed by atoms with van der Waals surface area (Å²) in [6, 6.07) is 5.84. The van der Waals surface area contributed by atoms with Crippen LogP contribution in [0, 0.1) is 0 Å². The van der Waals surface area contributed by atoms with E-state index >= 15 is 0 Å². The molecule has 1 unspecified atom stereocenters. The zero-order chi connectivity index (χ0) is 17.2. The van der Waals surface area contributed by atoms with E-state index in [1.165, 1.54) is 18.6 Å². The molecule has 1 aliphatic carbocycles. The van der Waals surface area contributed by atoms with E-state index in [9.17, 15) is 13.2 Å². The van der Waals surface area contributed by atoms with Crippen molar-refractivity contribution in [2.45, 2.75) is 37.6 Å². The molecule has 0 aromatic heterocycles. The Labute approximate surface area is 139 Å². The summed E-state index contributed by atoms with van der Waals surface area (Å²) in [5, 5.41) is 3.42. The second kappa shape index (κ2) is 7.01. The predicted octanol–water partition coefficient (Wildman–Crippen LogP) is 3.21. The third kappa shape index (κ3) is 3.83. The van der Waals surface area contributed by atoms with Gasteiger partial charge in [-0.2, -0.15) is 13.2 Å². The highest BCUT2D eigenvalue weighted by Gasteiger charge is 2.32. The highest BCUT2D eigenvalue weighted by Crippen LogP contribution is 2.32. The Balaban J connectivity index is 1.71. The van der Waals surface area contributed by atoms with Gasteiger partial charge < -0.3 is 15.0 Å². The smallest absolute Gasteiger partial charge is 0.370 e. The molecule has 2 fully saturated rings. The van der Waals surface area contributed by atoms with Crippen LogP contribution in [-0.2, 0) is 10.9 Å². The second-order valence-corrected chi connectivity index (χ2v) is 6.25. The van der Waals surface area contributed by atoms with Gasteiger partial charge in [-0.05, 0) is 37.0 Å². The molecular formula is C17H22F3N3O. The molecule has 1 heterocycles. The molecule has 24 heavy (non-hydrogen) atoms. The summed E-state index contributed by atoms with van der Waals surface area (Å²) in [5.74, 6) is 0.806. The Kier molecular flexibility index (Phi) is 4.99. The molecule has 1 saturated heterocycles. The van der Waals surface area contributed by atoms with Gasteiger partial charge in [0.05, 0.1) is 18.7 Å². The summed E-state index contributed by atoms with van der Waals surface area (Å²) >= 11 is 0. The molecule has 132 valence electrons. The first-order chi connectivity index (χ1) is 11.5. The highest BCUT2D eigenvalue weighted by molar-refractivity contribution is 5.80. The number of hydrogen-bond acceptors (Lipinski definition) is 2. The number of benzene rings is 1. The summed E-state index contributed by atoms with van der Waals surface area (Å²) in [6.45, 7) is 1.64. The standard InChI is InChI=1S/C17H22F3N3O/c1-21-16(22-14-6-3-7-14)23-8-9-24-15(11-23)12-4-2-5-13(10-12)17(18,19)20/h2,4-5,10,14-15H,3,6-9,11H2,1H3,(H,21,22). The molecule has 1 saturated carbocycles. The largest absolute Gasteiger partial charge is 0.416 e. The van der Waals surface area contributed by atoms with Gasteiger partial charge in [0.25, 0.3) is 0 Å². The lowest BCUT2D eigenvalue weighted by Crippen LogP contribution is -2.52. The summed E-state index contributed by atoms with van der Waals surface area (Å²) in [4.78, 5) is 6.38. The normalized spacial score (nSPS) is 23.1. The van der Waals surface area contributed by atoms with E-state index in [0.717, 1.165) is 24.9 Å². The Morgan fingerprint density at radius 1 is 1.33 bits per heavy atom. The number of guanidine groups is 1. The molecule has 1 aliphatic heterocycles. The van der Waals surface area contributed by atoms with E-state index in [1.807, 2.05) is 0 Å². The molecule has 3 rings (SSSR count). The summed E-state index contributed by atoms with van der Waals surface area (Å²) in [6.07, 6.45) is -1.22. The van der Waals surface area contributed by atoms with Gasteiger partial charge in [0.15, 0.2) is 5.96 Å². The fraction of sp³-hybridized carbons (Fsp3) is 0.588. The van der Waals surface area contributed by atoms with Crippen LogP contribution in [0.1, 0.15) is 36.5 Å². The van der Waals surface area contributed by atoms with Crippen molar-refractivity contribution in [3.63, 3.8) is 0 Å². The van der Waals surface area contributed by atoms with Gasteiger partial charge in [0, 0.05) is 19.6 Å². The van der Waals surface area contributed by atoms with E-state index in [4.69, 9.17) is 4.74 Å². The zero-order valence-corrected chi connectivity index (χ0v) is 13.6. The lowest BCUT2D eigenvalue weighted by Gasteiger charge is -2.38. The van der Waals surface area contributed by atoms with Crippen LogP contribution in [0.3, 0.4) is 0 Å². The minimum atomic E-state index is -4.34. The maximum Gasteiger partial charge on any atom is 0.416 e. The number of alkyl halides is 3. The van der Waals surface area contributed by atoms with Crippen LogP contribution in [0.4, 0.5) is 13.2 Å². The number of hydrogen-bond donors (Lipinski definition) is 1. The Morgan fingerprint density at radius 2 is 2.12 bits per heavy atom. The monoisotopic (exact) mass is 341 g/mol. The van der Waals surface area contributed by atoms with Gasteiger partial charge >= 0.3 is 6.18 Å². The van der Waals surface area contributed by atoms with Crippen LogP contribution in [-0.4, -0.2) is 43.6 Å². The number of aliphatic imine (C=N–C) groups is 1. The van der Waals surface area contributed by atoms with Crippen LogP contribution in [0.15, 0.2) is 29.3 Å². The van der Waals surface area contributed by atoms with Gasteiger partial charge in [-0.15, -0.1) is 0 Å². The molecule has 1 aromatic rings. The maximum absolute atomic E-state index is 12.9. The van der Waals surface area contributed by atoms with Crippen molar-refractivity contribution < 1.29 is 17.9 Å². The number of rotatable bonds is 2. The first-order valence-electron chi connectivity index (χ1n) is 8.24. The zero-order valence-electron chi connectivity index (χ0n) is 13.6. The number of nitrogens with one attached hydrogen (secondary N) is 1. The molecule has 1 atom stereocenters. The third-order valence-corrected chi connectivity index (χ3v) is 4.60. The number of ether oxygens (including phenoxy) is 1. The van der Waals surface area contributed by atoms with E-state index in [2.05, 4.69) is 15.2 Å². The molecule has 0 radical (unpaired) electrons. The lowest BCUT2D eigenvalue weighted by atomic mass is 9.93. The molecule has 0 amide bonds. The first kappa shape index (κ1) is 17.1. The molecule has 7 heteroatoms. The van der Waals surface area contributed by atoms with Crippen LogP contribution in [0.5, 0.6) is 0 Å². The van der Waals surface area contributed by atoms with Crippen molar-refractivity contribution in [3.05, 3.63) is 35.4 Å². The number of nitrogens with zero attached hydrogens (tertiary/aromatic N) is 2. The first-order valence-corrected chi connectivity index (χ1v) is 8.24. The van der Waals surface area contributed by atoms with Crippen LogP contribution in [0.25, 0.3) is 0 Å². The molecule has 2 aliphatic rings. The van der Waals surface area contributed by atoms with Gasteiger partial charge in [0.2, 0.25) is 0 Å². The van der Waals surface area contributed by atoms with Crippen molar-refractivity contribution in [3.8, 4) is 0 Å². The second-order valence-electron chi connectivity index (χ2n) is 6.25. The Hall–Kier alpha value is -1.76. The van der Waals surface area contributed by atoms with Gasteiger partial charge in [0.1, 0.15) is 6.10 Å². The van der Waals surface area contributed by atoms with Crippen molar-refractivity contribution in [1.82, 2.24) is 10.2 Å². The third-order valence-electron chi connectivity index (χ3n) is 4.60. The highest BCUT2D eigenvalue weighted by atomic mass is 19.4. The van der Waals surface area contributed by atoms with E-state index in [-0.39, 0.29) is 6.10 Å². The molecule has 0 bridgehead atoms. The van der Waals surface area contributed by atoms with Crippen LogP contribution in [0.2, 0.25) is 0 Å². The summed E-state index contributed by atoms with van der Waals surface area (Å²) in [5.41, 5.74) is -0.0914. The molecule has 4 nitrogen and oxygen atoms in total. The summed E-state index contributed by atoms with van der Waals surface area (Å²) < 4.78 is 44.4. The number of morpholine rings is 1. The average molecular weight is 341 g/mol. The fourth-order valence-corrected chi connectivity index (χ4v) is 2.99. The van der Waals surface area contributed by atoms with Crippen molar-refractivity contribution in [2.75, 3.05) is 26.7 Å². The Bertz CT molecular complexity index is 599. The van der Waals surface area contributed by atoms with E-state index in [1.54, 1.807) is 13.1 Å². The Morgan fingerprint density at radius 3 is 2.75 bits per heavy atom. The molecule has 1 N–H and O–H groups in total. The van der Waals surface area contributed by atoms with Gasteiger partial charge in [-0.25, -0.2) is 0 Å². The molecule has 0 spiro atoms. The topological polar surface area (TPSA) is 36.9 Å². The van der Waals surface area contributed by atoms with Crippen molar-refractivity contribution >= 4 is 5.96 Å². The predicted molar refractivity (Wildman–Crippen MR) is 85.8 cm³/mol. The van der Waals surface area contributed by atoms with Crippen molar-refractivity contribution in [2.24, 2.45) is 4.99 Å². The average Bonchev–Trinajstić information content (AvgIpc) is 2.53. The number of halogens is 3.